The summed E-state index contributed by atoms with van der Waals surface area (Å²) in [6.45, 7) is 4.61. The lowest BCUT2D eigenvalue weighted by Gasteiger charge is -2.19. The summed E-state index contributed by atoms with van der Waals surface area (Å²) < 4.78 is 13.6. The Balaban J connectivity index is 0.00000441. The Bertz CT molecular complexity index is 499. The average Bonchev–Trinajstić information content (AvgIpc) is 2.49. The molecule has 0 unspecified atom stereocenters. The quantitative estimate of drug-likeness (QED) is 0.235. The molecule has 0 aliphatic rings. The molecule has 1 rings (SSSR count). The molecule has 0 spiro atoms. The van der Waals surface area contributed by atoms with Gasteiger partial charge in [0.1, 0.15) is 5.82 Å². The van der Waals surface area contributed by atoms with E-state index < -0.39 is 0 Å². The van der Waals surface area contributed by atoms with E-state index in [9.17, 15) is 4.39 Å². The van der Waals surface area contributed by atoms with E-state index in [1.807, 2.05) is 24.9 Å². The third-order valence-electron chi connectivity index (χ3n) is 2.89. The van der Waals surface area contributed by atoms with Gasteiger partial charge in [-0.1, -0.05) is 18.1 Å². The van der Waals surface area contributed by atoms with E-state index in [-0.39, 0.29) is 29.8 Å². The summed E-state index contributed by atoms with van der Waals surface area (Å²) >= 11 is 0. The van der Waals surface area contributed by atoms with Crippen molar-refractivity contribution in [1.82, 2.24) is 10.6 Å². The summed E-state index contributed by atoms with van der Waals surface area (Å²) in [7, 11) is 1.88. The maximum absolute atomic E-state index is 13.6. The van der Waals surface area contributed by atoms with E-state index in [1.165, 1.54) is 6.07 Å². The molecule has 0 heterocycles. The minimum atomic E-state index is -0.201. The van der Waals surface area contributed by atoms with Crippen molar-refractivity contribution in [3.05, 3.63) is 30.1 Å². The zero-order chi connectivity index (χ0) is 15.5. The fourth-order valence-electron chi connectivity index (χ4n) is 1.86. The number of anilines is 1. The maximum atomic E-state index is 13.6. The molecular formula is C16H24FIN4. The number of terminal acetylenes is 1. The summed E-state index contributed by atoms with van der Waals surface area (Å²) in [5.74, 6) is 3.02. The highest BCUT2D eigenvalue weighted by Crippen LogP contribution is 2.16. The van der Waals surface area contributed by atoms with Crippen LogP contribution in [0.5, 0.6) is 0 Å². The average molecular weight is 418 g/mol. The van der Waals surface area contributed by atoms with Gasteiger partial charge in [0.15, 0.2) is 5.96 Å². The molecule has 1 aromatic rings. The molecule has 4 nitrogen and oxygen atoms in total. The van der Waals surface area contributed by atoms with Crippen LogP contribution in [0, 0.1) is 18.2 Å². The van der Waals surface area contributed by atoms with Crippen LogP contribution in [0.4, 0.5) is 10.1 Å². The molecule has 22 heavy (non-hydrogen) atoms. The Morgan fingerprint density at radius 3 is 2.73 bits per heavy atom. The van der Waals surface area contributed by atoms with Gasteiger partial charge >= 0.3 is 0 Å². The fraction of sp³-hybridized carbons (Fsp3) is 0.438. The first-order chi connectivity index (χ1) is 10.2. The third-order valence-corrected chi connectivity index (χ3v) is 2.89. The Kier molecular flexibility index (Phi) is 11.3. The van der Waals surface area contributed by atoms with Gasteiger partial charge < -0.3 is 15.5 Å². The highest BCUT2D eigenvalue weighted by molar-refractivity contribution is 14.0. The second-order valence-corrected chi connectivity index (χ2v) is 4.54. The molecule has 0 saturated carbocycles. The molecule has 0 saturated heterocycles. The smallest absolute Gasteiger partial charge is 0.192 e. The van der Waals surface area contributed by atoms with Crippen LogP contribution < -0.4 is 15.5 Å². The second-order valence-electron chi connectivity index (χ2n) is 4.54. The summed E-state index contributed by atoms with van der Waals surface area (Å²) in [6.07, 6.45) is 6.04. The fourth-order valence-corrected chi connectivity index (χ4v) is 1.86. The molecule has 0 fully saturated rings. The number of rotatable bonds is 7. The number of nitrogens with zero attached hydrogens (tertiary/aromatic N) is 2. The first kappa shape index (κ1) is 20.5. The monoisotopic (exact) mass is 418 g/mol. The van der Waals surface area contributed by atoms with Crippen LogP contribution in [-0.2, 0) is 0 Å². The van der Waals surface area contributed by atoms with Gasteiger partial charge in [-0.15, -0.1) is 30.4 Å². The molecule has 0 aromatic heterocycles. The summed E-state index contributed by atoms with van der Waals surface area (Å²) in [5.41, 5.74) is 0.610. The zero-order valence-corrected chi connectivity index (χ0v) is 15.4. The number of hydrogen-bond donors (Lipinski definition) is 2. The van der Waals surface area contributed by atoms with Crippen molar-refractivity contribution in [2.45, 2.75) is 13.3 Å². The van der Waals surface area contributed by atoms with Crippen molar-refractivity contribution in [2.75, 3.05) is 38.1 Å². The van der Waals surface area contributed by atoms with Crippen molar-refractivity contribution in [3.63, 3.8) is 0 Å². The normalized spacial score (nSPS) is 10.4. The molecule has 0 amide bonds. The maximum Gasteiger partial charge on any atom is 0.192 e. The molecule has 2 N–H and O–H groups in total. The molecular weight excluding hydrogens is 394 g/mol. The van der Waals surface area contributed by atoms with Gasteiger partial charge in [-0.3, -0.25) is 4.99 Å². The lowest BCUT2D eigenvalue weighted by atomic mass is 10.2. The van der Waals surface area contributed by atoms with Crippen LogP contribution >= 0.6 is 24.0 Å². The van der Waals surface area contributed by atoms with Crippen LogP contribution in [0.25, 0.3) is 0 Å². The molecule has 0 bridgehead atoms. The van der Waals surface area contributed by atoms with Crippen LogP contribution in [-0.4, -0.2) is 39.2 Å². The lowest BCUT2D eigenvalue weighted by Crippen LogP contribution is -2.37. The van der Waals surface area contributed by atoms with E-state index in [1.54, 1.807) is 12.1 Å². The van der Waals surface area contributed by atoms with E-state index in [0.717, 1.165) is 19.5 Å². The SMILES string of the molecule is C#CCNC(=NCCCN(C)c1ccccc1F)NCC.I. The number of para-hydroxylation sites is 1. The molecule has 122 valence electrons. The largest absolute Gasteiger partial charge is 0.372 e. The third kappa shape index (κ3) is 7.50. The lowest BCUT2D eigenvalue weighted by molar-refractivity contribution is 0.620. The van der Waals surface area contributed by atoms with Gasteiger partial charge in [-0.25, -0.2) is 4.39 Å². The molecule has 0 atom stereocenters. The Hall–Kier alpha value is -1.49. The predicted molar refractivity (Wildman–Crippen MR) is 103 cm³/mol. The summed E-state index contributed by atoms with van der Waals surface area (Å²) in [4.78, 5) is 6.31. The molecule has 6 heteroatoms. The Morgan fingerprint density at radius 1 is 1.36 bits per heavy atom. The standard InChI is InChI=1S/C16H23FN4.HI/c1-4-11-19-16(18-5-2)20-12-8-13-21(3)15-10-7-6-9-14(15)17;/h1,6-7,9-10H,5,8,11-13H2,2-3H3,(H2,18,19,20);1H. The number of nitrogens with one attached hydrogen (secondary N) is 2. The van der Waals surface area contributed by atoms with Gasteiger partial charge in [0.05, 0.1) is 12.2 Å². The first-order valence-electron chi connectivity index (χ1n) is 7.10. The van der Waals surface area contributed by atoms with Gasteiger partial charge in [-0.2, -0.15) is 0 Å². The number of halogens is 2. The number of aliphatic imine (C=N–C) groups is 1. The predicted octanol–water partition coefficient (Wildman–Crippen LogP) is 2.46. The Labute approximate surface area is 149 Å². The number of hydrogen-bond acceptors (Lipinski definition) is 2. The molecule has 0 aliphatic carbocycles. The van der Waals surface area contributed by atoms with Crippen molar-refractivity contribution >= 4 is 35.6 Å². The van der Waals surface area contributed by atoms with E-state index in [0.29, 0.717) is 24.7 Å². The van der Waals surface area contributed by atoms with Crippen LogP contribution in [0.3, 0.4) is 0 Å². The van der Waals surface area contributed by atoms with Gasteiger partial charge in [-0.05, 0) is 25.5 Å². The molecule has 0 radical (unpaired) electrons. The van der Waals surface area contributed by atoms with Gasteiger partial charge in [0, 0.05) is 26.7 Å². The van der Waals surface area contributed by atoms with Crippen molar-refractivity contribution < 1.29 is 4.39 Å². The van der Waals surface area contributed by atoms with Gasteiger partial charge in [0.2, 0.25) is 0 Å². The van der Waals surface area contributed by atoms with Crippen molar-refractivity contribution in [1.29, 1.82) is 0 Å². The highest BCUT2D eigenvalue weighted by atomic mass is 127. The zero-order valence-electron chi connectivity index (χ0n) is 13.1. The Morgan fingerprint density at radius 2 is 2.09 bits per heavy atom. The van der Waals surface area contributed by atoms with Crippen LogP contribution in [0.15, 0.2) is 29.3 Å². The number of benzene rings is 1. The van der Waals surface area contributed by atoms with E-state index >= 15 is 0 Å². The van der Waals surface area contributed by atoms with Crippen molar-refractivity contribution in [2.24, 2.45) is 4.99 Å². The minimum absolute atomic E-state index is 0. The number of guanidine groups is 1. The summed E-state index contributed by atoms with van der Waals surface area (Å²) in [6, 6.07) is 6.77. The topological polar surface area (TPSA) is 39.7 Å². The summed E-state index contributed by atoms with van der Waals surface area (Å²) in [5, 5.41) is 6.14. The molecule has 0 aliphatic heterocycles. The molecule has 1 aromatic carbocycles. The van der Waals surface area contributed by atoms with Crippen LogP contribution in [0.1, 0.15) is 13.3 Å². The van der Waals surface area contributed by atoms with Crippen molar-refractivity contribution in [3.8, 4) is 12.3 Å². The highest BCUT2D eigenvalue weighted by Gasteiger charge is 2.05. The van der Waals surface area contributed by atoms with E-state index in [4.69, 9.17) is 6.42 Å². The second kappa shape index (κ2) is 12.1. The minimum Gasteiger partial charge on any atom is -0.372 e. The van der Waals surface area contributed by atoms with E-state index in [2.05, 4.69) is 21.5 Å². The van der Waals surface area contributed by atoms with Gasteiger partial charge in [0.25, 0.3) is 0 Å². The van der Waals surface area contributed by atoms with Crippen LogP contribution in [0.2, 0.25) is 0 Å². The first-order valence-corrected chi connectivity index (χ1v) is 7.10.